The van der Waals surface area contributed by atoms with E-state index in [0.29, 0.717) is 34.6 Å². The van der Waals surface area contributed by atoms with Gasteiger partial charge in [0, 0.05) is 37.4 Å². The maximum atomic E-state index is 14.0. The third-order valence-electron chi connectivity index (χ3n) is 6.71. The van der Waals surface area contributed by atoms with Gasteiger partial charge in [0.25, 0.3) is 5.56 Å². The molecule has 5 nitrogen and oxygen atoms in total. The number of nitrogens with zero attached hydrogens (tertiary/aromatic N) is 3. The van der Waals surface area contributed by atoms with Crippen LogP contribution in [0, 0.1) is 5.92 Å². The molecule has 2 unspecified atom stereocenters. The third-order valence-corrected chi connectivity index (χ3v) is 6.71. The monoisotopic (exact) mass is 568 g/mol. The van der Waals surface area contributed by atoms with Gasteiger partial charge in [0.15, 0.2) is 0 Å². The largest absolute Gasteiger partial charge is 0.367 e. The fourth-order valence-electron chi connectivity index (χ4n) is 4.14. The Morgan fingerprint density at radius 1 is 1.12 bits per heavy atom. The van der Waals surface area contributed by atoms with Crippen LogP contribution in [0.5, 0.6) is 0 Å². The van der Waals surface area contributed by atoms with Crippen molar-refractivity contribution in [3.63, 3.8) is 0 Å². The summed E-state index contributed by atoms with van der Waals surface area (Å²) in [6.07, 6.45) is 9.63. The van der Waals surface area contributed by atoms with Crippen molar-refractivity contribution in [3.8, 4) is 0 Å². The number of pyridine rings is 1. The van der Waals surface area contributed by atoms with Gasteiger partial charge >= 0.3 is 0 Å². The molecule has 0 radical (unpaired) electrons. The molecule has 3 atom stereocenters. The van der Waals surface area contributed by atoms with Gasteiger partial charge in [-0.3, -0.25) is 9.20 Å². The first-order valence-corrected chi connectivity index (χ1v) is 15.3. The van der Waals surface area contributed by atoms with E-state index in [-0.39, 0.29) is 5.56 Å². The standard InChI is InChI=1S/C22H27FN4O.C8H16.C3H8.C2H6/c1-6-17(9-19(23)14(2)3)20-10-22(28)27-13-18(7-8-21(27)25-20)26-11-15(4)24-16(5)12-26;1-5-7(3)8(4)6-2;1-3-2;1-2/h6-10,13,15-16,24H,2,11-12H2,1,3-5H3;5,8H,6H2,1-4H3;3H2,1-2H3;1-2H3/b17-6+,19-9+;7-5-;;/t15-,16?;;;/m0.../s1. The van der Waals surface area contributed by atoms with E-state index in [2.05, 4.69) is 83.2 Å². The molecule has 2 aromatic rings. The highest BCUT2D eigenvalue weighted by Crippen LogP contribution is 2.21. The van der Waals surface area contributed by atoms with E-state index in [1.54, 1.807) is 24.3 Å². The van der Waals surface area contributed by atoms with Crippen molar-refractivity contribution in [3.05, 3.63) is 82.2 Å². The maximum absolute atomic E-state index is 14.0. The summed E-state index contributed by atoms with van der Waals surface area (Å²) in [5.74, 6) is 0.354. The van der Waals surface area contributed by atoms with E-state index in [0.717, 1.165) is 24.7 Å². The Bertz CT molecular complexity index is 1210. The van der Waals surface area contributed by atoms with Crippen LogP contribution in [0.25, 0.3) is 11.2 Å². The van der Waals surface area contributed by atoms with Gasteiger partial charge in [-0.2, -0.15) is 0 Å². The Morgan fingerprint density at radius 3 is 2.12 bits per heavy atom. The maximum Gasteiger partial charge on any atom is 0.258 e. The van der Waals surface area contributed by atoms with Gasteiger partial charge in [-0.25, -0.2) is 9.37 Å². The van der Waals surface area contributed by atoms with Crippen LogP contribution in [0.1, 0.15) is 102 Å². The molecule has 0 saturated carbocycles. The molecule has 230 valence electrons. The molecule has 6 heteroatoms. The highest BCUT2D eigenvalue weighted by atomic mass is 19.1. The van der Waals surface area contributed by atoms with E-state index in [1.165, 1.54) is 30.6 Å². The summed E-state index contributed by atoms with van der Waals surface area (Å²) in [7, 11) is 0. The zero-order valence-electron chi connectivity index (χ0n) is 27.9. The molecule has 1 aliphatic rings. The van der Waals surface area contributed by atoms with E-state index in [1.807, 2.05) is 32.2 Å². The lowest BCUT2D eigenvalue weighted by atomic mass is 10.0. The second kappa shape index (κ2) is 20.0. The highest BCUT2D eigenvalue weighted by Gasteiger charge is 2.21. The Kier molecular flexibility index (Phi) is 18.5. The second-order valence-corrected chi connectivity index (χ2v) is 10.5. The number of piperazine rings is 1. The molecule has 0 aromatic carbocycles. The minimum absolute atomic E-state index is 0.193. The van der Waals surface area contributed by atoms with Gasteiger partial charge in [-0.1, -0.05) is 72.3 Å². The van der Waals surface area contributed by atoms with Crippen molar-refractivity contribution in [1.29, 1.82) is 0 Å². The Morgan fingerprint density at radius 2 is 1.68 bits per heavy atom. The molecular weight excluding hydrogens is 511 g/mol. The summed E-state index contributed by atoms with van der Waals surface area (Å²) in [5.41, 5.74) is 4.17. The average molecular weight is 569 g/mol. The van der Waals surface area contributed by atoms with Gasteiger partial charge in [0.2, 0.25) is 0 Å². The van der Waals surface area contributed by atoms with E-state index >= 15 is 0 Å². The number of fused-ring (bicyclic) bond motifs is 1. The zero-order chi connectivity index (χ0) is 31.7. The molecule has 2 aromatic heterocycles. The van der Waals surface area contributed by atoms with Crippen molar-refractivity contribution >= 4 is 16.9 Å². The molecule has 1 N–H and O–H groups in total. The first kappa shape index (κ1) is 38.0. The summed E-state index contributed by atoms with van der Waals surface area (Å²) in [6, 6.07) is 6.02. The predicted octanol–water partition coefficient (Wildman–Crippen LogP) is 9.16. The first-order valence-electron chi connectivity index (χ1n) is 15.3. The fourth-order valence-corrected chi connectivity index (χ4v) is 4.14. The SMILES string of the molecule is C/C=C(/C)C(C)CC.C=C(C)/C(F)=C\C(=C/C)c1cc(=O)n2cc(N3CC(C)N[C@@H](C)C3)ccc2n1.CC.CCC. The Balaban J connectivity index is 0.00000104. The molecule has 3 heterocycles. The van der Waals surface area contributed by atoms with Gasteiger partial charge in [-0.15, -0.1) is 0 Å². The van der Waals surface area contributed by atoms with E-state index in [4.69, 9.17) is 0 Å². The third kappa shape index (κ3) is 12.6. The van der Waals surface area contributed by atoms with Crippen molar-refractivity contribution in [2.24, 2.45) is 5.92 Å². The number of hydrogen-bond acceptors (Lipinski definition) is 4. The number of hydrogen-bond donors (Lipinski definition) is 1. The van der Waals surface area contributed by atoms with Crippen molar-refractivity contribution in [2.75, 3.05) is 18.0 Å². The van der Waals surface area contributed by atoms with E-state index in [9.17, 15) is 9.18 Å². The van der Waals surface area contributed by atoms with Gasteiger partial charge in [0.1, 0.15) is 11.5 Å². The minimum Gasteiger partial charge on any atom is -0.367 e. The van der Waals surface area contributed by atoms with Gasteiger partial charge in [-0.05, 0) is 83.2 Å². The lowest BCUT2D eigenvalue weighted by Crippen LogP contribution is -2.54. The fraction of sp³-hybridized carbons (Fsp3) is 0.543. The molecule has 3 rings (SSSR count). The molecule has 0 spiro atoms. The first-order chi connectivity index (χ1) is 19.4. The summed E-state index contributed by atoms with van der Waals surface area (Å²) in [5, 5.41) is 3.51. The lowest BCUT2D eigenvalue weighted by Gasteiger charge is -2.37. The lowest BCUT2D eigenvalue weighted by molar-refractivity contribution is 0.407. The molecular formula is C35H57FN4O. The molecule has 1 aliphatic heterocycles. The molecule has 0 bridgehead atoms. The molecule has 0 amide bonds. The Hall–Kier alpha value is -2.99. The number of allylic oxidation sites excluding steroid dienone is 7. The number of anilines is 1. The van der Waals surface area contributed by atoms with E-state index < -0.39 is 5.83 Å². The summed E-state index contributed by atoms with van der Waals surface area (Å²) in [4.78, 5) is 19.6. The smallest absolute Gasteiger partial charge is 0.258 e. The number of halogens is 1. The molecule has 0 aliphatic carbocycles. The van der Waals surface area contributed by atoms with Crippen LogP contribution in [-0.2, 0) is 0 Å². The number of rotatable bonds is 6. The normalized spacial score (nSPS) is 18.3. The van der Waals surface area contributed by atoms with Crippen LogP contribution in [0.2, 0.25) is 0 Å². The highest BCUT2D eigenvalue weighted by molar-refractivity contribution is 5.73. The average Bonchev–Trinajstić information content (AvgIpc) is 2.95. The second-order valence-electron chi connectivity index (χ2n) is 10.5. The number of nitrogens with one attached hydrogen (secondary N) is 1. The minimum atomic E-state index is -0.424. The number of aromatic nitrogens is 2. The van der Waals surface area contributed by atoms with Crippen LogP contribution in [0.3, 0.4) is 0 Å². The molecule has 41 heavy (non-hydrogen) atoms. The van der Waals surface area contributed by atoms with Gasteiger partial charge in [0.05, 0.1) is 11.4 Å². The van der Waals surface area contributed by atoms with Crippen LogP contribution in [0.4, 0.5) is 10.1 Å². The Labute approximate surface area is 250 Å². The summed E-state index contributed by atoms with van der Waals surface area (Å²) < 4.78 is 15.5. The molecule has 1 fully saturated rings. The zero-order valence-corrected chi connectivity index (χ0v) is 27.9. The van der Waals surface area contributed by atoms with Gasteiger partial charge < -0.3 is 10.2 Å². The topological polar surface area (TPSA) is 49.6 Å². The molecule has 1 saturated heterocycles. The van der Waals surface area contributed by atoms with Crippen LogP contribution in [-0.4, -0.2) is 34.6 Å². The predicted molar refractivity (Wildman–Crippen MR) is 180 cm³/mol. The van der Waals surface area contributed by atoms with Crippen molar-refractivity contribution < 1.29 is 4.39 Å². The van der Waals surface area contributed by atoms with Crippen molar-refractivity contribution in [1.82, 2.24) is 14.7 Å². The van der Waals surface area contributed by atoms with Crippen LogP contribution >= 0.6 is 0 Å². The van der Waals surface area contributed by atoms with Crippen LogP contribution in [0.15, 0.2) is 71.0 Å². The van der Waals surface area contributed by atoms with Crippen molar-refractivity contribution in [2.45, 2.75) is 108 Å². The summed E-state index contributed by atoms with van der Waals surface area (Å²) >= 11 is 0. The van der Waals surface area contributed by atoms with Crippen LogP contribution < -0.4 is 15.8 Å². The summed E-state index contributed by atoms with van der Waals surface area (Å²) in [6.45, 7) is 30.1. The quantitative estimate of drug-likeness (QED) is 0.279.